The molecule has 4 nitrogen and oxygen atoms in total. The predicted molar refractivity (Wildman–Crippen MR) is 77.6 cm³/mol. The third kappa shape index (κ3) is 3.93. The third-order valence-corrected chi connectivity index (χ3v) is 3.75. The van der Waals surface area contributed by atoms with Gasteiger partial charge in [-0.1, -0.05) is 24.3 Å². The smallest absolute Gasteiger partial charge is 0.338 e. The fourth-order valence-electron chi connectivity index (χ4n) is 1.68. The topological polar surface area (TPSA) is 55.4 Å². The van der Waals surface area contributed by atoms with E-state index >= 15 is 0 Å². The van der Waals surface area contributed by atoms with Crippen LogP contribution >= 0.6 is 11.3 Å². The lowest BCUT2D eigenvalue weighted by Gasteiger charge is -2.12. The SMILES string of the molecule is C[C@@H](NC(=O)COC(=O)c1ccccc1)c1cccs1. The van der Waals surface area contributed by atoms with Gasteiger partial charge in [-0.05, 0) is 30.5 Å². The molecule has 0 aliphatic carbocycles. The first-order chi connectivity index (χ1) is 9.66. The highest BCUT2D eigenvalue weighted by Gasteiger charge is 2.13. The van der Waals surface area contributed by atoms with Crippen LogP contribution < -0.4 is 5.32 Å². The second-order valence-electron chi connectivity index (χ2n) is 4.25. The first-order valence-corrected chi connectivity index (χ1v) is 7.09. The number of esters is 1. The molecule has 1 amide bonds. The van der Waals surface area contributed by atoms with Crippen LogP contribution in [0.3, 0.4) is 0 Å². The van der Waals surface area contributed by atoms with E-state index in [1.54, 1.807) is 35.6 Å². The van der Waals surface area contributed by atoms with Gasteiger partial charge in [0.15, 0.2) is 6.61 Å². The van der Waals surface area contributed by atoms with E-state index in [9.17, 15) is 9.59 Å². The average Bonchev–Trinajstić information content (AvgIpc) is 3.00. The zero-order valence-electron chi connectivity index (χ0n) is 11.0. The van der Waals surface area contributed by atoms with Crippen molar-refractivity contribution < 1.29 is 14.3 Å². The Kier molecular flexibility index (Phi) is 4.90. The van der Waals surface area contributed by atoms with Crippen LogP contribution in [0.25, 0.3) is 0 Å². The molecule has 0 saturated carbocycles. The second kappa shape index (κ2) is 6.86. The maximum absolute atomic E-state index is 11.7. The minimum atomic E-state index is -0.496. The molecule has 0 aliphatic heterocycles. The molecule has 104 valence electrons. The molecule has 0 fully saturated rings. The molecule has 0 saturated heterocycles. The Morgan fingerprint density at radius 3 is 2.60 bits per heavy atom. The Morgan fingerprint density at radius 1 is 1.20 bits per heavy atom. The lowest BCUT2D eigenvalue weighted by molar-refractivity contribution is -0.124. The fourth-order valence-corrected chi connectivity index (χ4v) is 2.42. The molecule has 5 heteroatoms. The summed E-state index contributed by atoms with van der Waals surface area (Å²) in [5.74, 6) is -0.806. The molecule has 1 aromatic carbocycles. The van der Waals surface area contributed by atoms with Gasteiger partial charge in [-0.25, -0.2) is 4.79 Å². The van der Waals surface area contributed by atoms with Crippen molar-refractivity contribution in [2.75, 3.05) is 6.61 Å². The summed E-state index contributed by atoms with van der Waals surface area (Å²) in [5, 5.41) is 4.74. The van der Waals surface area contributed by atoms with Crippen molar-refractivity contribution in [1.82, 2.24) is 5.32 Å². The zero-order chi connectivity index (χ0) is 14.4. The Bertz CT molecular complexity index is 566. The molecule has 0 spiro atoms. The van der Waals surface area contributed by atoms with Gasteiger partial charge in [0, 0.05) is 4.88 Å². The number of carbonyl (C=O) groups is 2. The van der Waals surface area contributed by atoms with Crippen LogP contribution in [-0.2, 0) is 9.53 Å². The summed E-state index contributed by atoms with van der Waals surface area (Å²) in [6, 6.07) is 12.4. The van der Waals surface area contributed by atoms with Crippen molar-refractivity contribution in [3.8, 4) is 0 Å². The highest BCUT2D eigenvalue weighted by Crippen LogP contribution is 2.17. The Labute approximate surface area is 121 Å². The minimum Gasteiger partial charge on any atom is -0.452 e. The van der Waals surface area contributed by atoms with E-state index in [1.807, 2.05) is 30.5 Å². The molecule has 0 unspecified atom stereocenters. The van der Waals surface area contributed by atoms with Crippen LogP contribution in [-0.4, -0.2) is 18.5 Å². The molecule has 2 aromatic rings. The number of thiophene rings is 1. The highest BCUT2D eigenvalue weighted by molar-refractivity contribution is 7.10. The van der Waals surface area contributed by atoms with Crippen molar-refractivity contribution in [3.63, 3.8) is 0 Å². The summed E-state index contributed by atoms with van der Waals surface area (Å²) < 4.78 is 4.96. The van der Waals surface area contributed by atoms with Crippen molar-refractivity contribution in [2.45, 2.75) is 13.0 Å². The largest absolute Gasteiger partial charge is 0.452 e. The molecule has 2 rings (SSSR count). The van der Waals surface area contributed by atoms with Crippen molar-refractivity contribution in [2.24, 2.45) is 0 Å². The van der Waals surface area contributed by atoms with E-state index in [0.717, 1.165) is 4.88 Å². The van der Waals surface area contributed by atoms with Crippen molar-refractivity contribution >= 4 is 23.2 Å². The molecule has 0 radical (unpaired) electrons. The highest BCUT2D eigenvalue weighted by atomic mass is 32.1. The van der Waals surface area contributed by atoms with E-state index in [-0.39, 0.29) is 18.6 Å². The molecule has 20 heavy (non-hydrogen) atoms. The average molecular weight is 289 g/mol. The first-order valence-electron chi connectivity index (χ1n) is 6.22. The Hall–Kier alpha value is -2.14. The molecule has 1 heterocycles. The monoisotopic (exact) mass is 289 g/mol. The lowest BCUT2D eigenvalue weighted by Crippen LogP contribution is -2.30. The number of hydrogen-bond acceptors (Lipinski definition) is 4. The van der Waals surface area contributed by atoms with Gasteiger partial charge in [0.25, 0.3) is 5.91 Å². The third-order valence-electron chi connectivity index (χ3n) is 2.69. The maximum atomic E-state index is 11.7. The zero-order valence-corrected chi connectivity index (χ0v) is 11.9. The maximum Gasteiger partial charge on any atom is 0.338 e. The van der Waals surface area contributed by atoms with Crippen molar-refractivity contribution in [1.29, 1.82) is 0 Å². The summed E-state index contributed by atoms with van der Waals surface area (Å²) in [6.07, 6.45) is 0. The lowest BCUT2D eigenvalue weighted by atomic mass is 10.2. The van der Waals surface area contributed by atoms with E-state index < -0.39 is 5.97 Å². The van der Waals surface area contributed by atoms with Gasteiger partial charge in [-0.3, -0.25) is 4.79 Å². The number of amides is 1. The van der Waals surface area contributed by atoms with Crippen molar-refractivity contribution in [3.05, 3.63) is 58.3 Å². The molecular formula is C15H15NO3S. The summed E-state index contributed by atoms with van der Waals surface area (Å²) in [6.45, 7) is 1.62. The van der Waals surface area contributed by atoms with Crippen LogP contribution in [0, 0.1) is 0 Å². The number of carbonyl (C=O) groups excluding carboxylic acids is 2. The van der Waals surface area contributed by atoms with Gasteiger partial charge in [-0.15, -0.1) is 11.3 Å². The van der Waals surface area contributed by atoms with Gasteiger partial charge < -0.3 is 10.1 Å². The molecule has 0 bridgehead atoms. The van der Waals surface area contributed by atoms with E-state index in [4.69, 9.17) is 4.74 Å². The normalized spacial score (nSPS) is 11.7. The molecular weight excluding hydrogens is 274 g/mol. The van der Waals surface area contributed by atoms with Crippen LogP contribution in [0.15, 0.2) is 47.8 Å². The van der Waals surface area contributed by atoms with Crippen LogP contribution in [0.2, 0.25) is 0 Å². The molecule has 1 N–H and O–H groups in total. The van der Waals surface area contributed by atoms with Crippen LogP contribution in [0.4, 0.5) is 0 Å². The predicted octanol–water partition coefficient (Wildman–Crippen LogP) is 2.78. The van der Waals surface area contributed by atoms with Crippen LogP contribution in [0.5, 0.6) is 0 Å². The molecule has 1 aromatic heterocycles. The van der Waals surface area contributed by atoms with Gasteiger partial charge in [0.05, 0.1) is 11.6 Å². The number of ether oxygens (including phenoxy) is 1. The van der Waals surface area contributed by atoms with Gasteiger partial charge in [-0.2, -0.15) is 0 Å². The standard InChI is InChI=1S/C15H15NO3S/c1-11(13-8-5-9-20-13)16-14(17)10-19-15(18)12-6-3-2-4-7-12/h2-9,11H,10H2,1H3,(H,16,17)/t11-/m1/s1. The second-order valence-corrected chi connectivity index (χ2v) is 5.23. The number of hydrogen-bond donors (Lipinski definition) is 1. The summed E-state index contributed by atoms with van der Waals surface area (Å²) in [7, 11) is 0. The van der Waals surface area contributed by atoms with Crippen LogP contribution in [0.1, 0.15) is 28.2 Å². The van der Waals surface area contributed by atoms with Gasteiger partial charge in [0.1, 0.15) is 0 Å². The first kappa shape index (κ1) is 14.3. The summed E-state index contributed by atoms with van der Waals surface area (Å²) in [5.41, 5.74) is 0.437. The number of rotatable bonds is 5. The van der Waals surface area contributed by atoms with E-state index in [2.05, 4.69) is 5.32 Å². The number of benzene rings is 1. The Balaban J connectivity index is 1.79. The molecule has 0 aliphatic rings. The summed E-state index contributed by atoms with van der Waals surface area (Å²) >= 11 is 1.57. The summed E-state index contributed by atoms with van der Waals surface area (Å²) in [4.78, 5) is 24.4. The fraction of sp³-hybridized carbons (Fsp3) is 0.200. The minimum absolute atomic E-state index is 0.0853. The van der Waals surface area contributed by atoms with E-state index in [1.165, 1.54) is 0 Å². The quantitative estimate of drug-likeness (QED) is 0.861. The van der Waals surface area contributed by atoms with Gasteiger partial charge in [0.2, 0.25) is 0 Å². The Morgan fingerprint density at radius 2 is 1.95 bits per heavy atom. The van der Waals surface area contributed by atoms with E-state index in [0.29, 0.717) is 5.56 Å². The number of nitrogens with one attached hydrogen (secondary N) is 1. The molecule has 1 atom stereocenters. The van der Waals surface area contributed by atoms with Gasteiger partial charge >= 0.3 is 5.97 Å².